The number of aliphatic hydroxyl groups excluding tert-OH is 1. The van der Waals surface area contributed by atoms with Crippen molar-refractivity contribution >= 4 is 11.8 Å². The maximum absolute atomic E-state index is 13.4. The SMILES string of the molecule is CCCC(=O)N1CCCC(C(=O)NCc2ccc(F)c(CO)c2)C1. The summed E-state index contributed by atoms with van der Waals surface area (Å²) in [6, 6.07) is 4.43. The Morgan fingerprint density at radius 2 is 2.21 bits per heavy atom. The Kier molecular flexibility index (Phi) is 6.73. The molecule has 1 aromatic rings. The zero-order chi connectivity index (χ0) is 17.5. The maximum Gasteiger partial charge on any atom is 0.225 e. The number of carbonyl (C=O) groups excluding carboxylic acids is 2. The summed E-state index contributed by atoms with van der Waals surface area (Å²) in [4.78, 5) is 26.1. The van der Waals surface area contributed by atoms with Crippen LogP contribution in [0.4, 0.5) is 4.39 Å². The number of hydrogen-bond donors (Lipinski definition) is 2. The highest BCUT2D eigenvalue weighted by atomic mass is 19.1. The number of benzene rings is 1. The third-order valence-corrected chi connectivity index (χ3v) is 4.36. The Bertz CT molecular complexity index is 592. The zero-order valence-corrected chi connectivity index (χ0v) is 14.1. The number of amides is 2. The number of nitrogens with zero attached hydrogens (tertiary/aromatic N) is 1. The van der Waals surface area contributed by atoms with E-state index in [0.717, 1.165) is 31.4 Å². The van der Waals surface area contributed by atoms with Gasteiger partial charge in [0.05, 0.1) is 12.5 Å². The number of rotatable bonds is 6. The molecule has 0 spiro atoms. The first-order valence-electron chi connectivity index (χ1n) is 8.48. The summed E-state index contributed by atoms with van der Waals surface area (Å²) in [7, 11) is 0. The van der Waals surface area contributed by atoms with E-state index in [4.69, 9.17) is 5.11 Å². The summed E-state index contributed by atoms with van der Waals surface area (Å²) in [5.41, 5.74) is 0.958. The largest absolute Gasteiger partial charge is 0.392 e. The lowest BCUT2D eigenvalue weighted by Crippen LogP contribution is -2.45. The first kappa shape index (κ1) is 18.4. The van der Waals surface area contributed by atoms with Gasteiger partial charge in [-0.15, -0.1) is 0 Å². The van der Waals surface area contributed by atoms with Gasteiger partial charge in [-0.1, -0.05) is 13.0 Å². The molecule has 24 heavy (non-hydrogen) atoms. The molecule has 1 saturated heterocycles. The molecule has 0 bridgehead atoms. The fourth-order valence-electron chi connectivity index (χ4n) is 2.98. The molecule has 1 aliphatic rings. The van der Waals surface area contributed by atoms with Crippen molar-refractivity contribution in [3.05, 3.63) is 35.1 Å². The molecular formula is C18H25FN2O3. The molecule has 1 fully saturated rings. The van der Waals surface area contributed by atoms with Gasteiger partial charge in [0.1, 0.15) is 5.82 Å². The summed E-state index contributed by atoms with van der Waals surface area (Å²) in [6.07, 6.45) is 2.93. The van der Waals surface area contributed by atoms with E-state index in [2.05, 4.69) is 5.32 Å². The molecule has 5 nitrogen and oxygen atoms in total. The summed E-state index contributed by atoms with van der Waals surface area (Å²) < 4.78 is 13.4. The molecule has 1 aromatic carbocycles. The van der Waals surface area contributed by atoms with Crippen LogP contribution in [0.3, 0.4) is 0 Å². The highest BCUT2D eigenvalue weighted by Gasteiger charge is 2.27. The minimum Gasteiger partial charge on any atom is -0.392 e. The average molecular weight is 336 g/mol. The van der Waals surface area contributed by atoms with Gasteiger partial charge < -0.3 is 15.3 Å². The quantitative estimate of drug-likeness (QED) is 0.834. The smallest absolute Gasteiger partial charge is 0.225 e. The van der Waals surface area contributed by atoms with Gasteiger partial charge in [-0.2, -0.15) is 0 Å². The first-order chi connectivity index (χ1) is 11.5. The minimum absolute atomic E-state index is 0.0844. The molecule has 2 rings (SSSR count). The van der Waals surface area contributed by atoms with Crippen LogP contribution in [-0.2, 0) is 22.7 Å². The first-order valence-corrected chi connectivity index (χ1v) is 8.48. The van der Waals surface area contributed by atoms with Crippen molar-refractivity contribution < 1.29 is 19.1 Å². The Balaban J connectivity index is 1.89. The highest BCUT2D eigenvalue weighted by Crippen LogP contribution is 2.18. The van der Waals surface area contributed by atoms with Gasteiger partial charge in [-0.3, -0.25) is 9.59 Å². The van der Waals surface area contributed by atoms with Crippen molar-refractivity contribution in [1.29, 1.82) is 0 Å². The van der Waals surface area contributed by atoms with Crippen LogP contribution in [0.1, 0.15) is 43.7 Å². The van der Waals surface area contributed by atoms with E-state index < -0.39 is 5.82 Å². The van der Waals surface area contributed by atoms with Crippen LogP contribution < -0.4 is 5.32 Å². The van der Waals surface area contributed by atoms with Crippen LogP contribution in [0.25, 0.3) is 0 Å². The van der Waals surface area contributed by atoms with Crippen LogP contribution in [0.2, 0.25) is 0 Å². The molecule has 0 saturated carbocycles. The lowest BCUT2D eigenvalue weighted by molar-refractivity contribution is -0.135. The molecule has 0 aromatic heterocycles. The molecule has 0 aliphatic carbocycles. The fourth-order valence-corrected chi connectivity index (χ4v) is 2.98. The Morgan fingerprint density at radius 3 is 2.92 bits per heavy atom. The van der Waals surface area contributed by atoms with E-state index in [9.17, 15) is 14.0 Å². The summed E-state index contributed by atoms with van der Waals surface area (Å²) in [5.74, 6) is -0.623. The molecule has 1 atom stereocenters. The van der Waals surface area contributed by atoms with E-state index in [1.54, 1.807) is 17.0 Å². The second-order valence-electron chi connectivity index (χ2n) is 6.23. The van der Waals surface area contributed by atoms with Gasteiger partial charge in [0, 0.05) is 31.6 Å². The Morgan fingerprint density at radius 1 is 1.42 bits per heavy atom. The number of aliphatic hydroxyl groups is 1. The fraction of sp³-hybridized carbons (Fsp3) is 0.556. The predicted octanol–water partition coefficient (Wildman–Crippen LogP) is 1.97. The van der Waals surface area contributed by atoms with Crippen LogP contribution in [-0.4, -0.2) is 34.9 Å². The second-order valence-corrected chi connectivity index (χ2v) is 6.23. The third kappa shape index (κ3) is 4.77. The lowest BCUT2D eigenvalue weighted by Gasteiger charge is -2.32. The predicted molar refractivity (Wildman–Crippen MR) is 88.4 cm³/mol. The second kappa shape index (κ2) is 8.78. The van der Waals surface area contributed by atoms with E-state index in [0.29, 0.717) is 13.0 Å². The molecule has 2 amide bonds. The Labute approximate surface area is 141 Å². The summed E-state index contributed by atoms with van der Waals surface area (Å²) >= 11 is 0. The van der Waals surface area contributed by atoms with Crippen molar-refractivity contribution in [2.75, 3.05) is 13.1 Å². The van der Waals surface area contributed by atoms with Gasteiger partial charge in [0.2, 0.25) is 11.8 Å². The maximum atomic E-state index is 13.4. The van der Waals surface area contributed by atoms with Gasteiger partial charge in [0.25, 0.3) is 0 Å². The minimum atomic E-state index is -0.454. The Hall–Kier alpha value is -1.95. The van der Waals surface area contributed by atoms with Gasteiger partial charge in [-0.05, 0) is 37.0 Å². The topological polar surface area (TPSA) is 69.6 Å². The zero-order valence-electron chi connectivity index (χ0n) is 14.1. The van der Waals surface area contributed by atoms with Crippen LogP contribution >= 0.6 is 0 Å². The summed E-state index contributed by atoms with van der Waals surface area (Å²) in [5, 5.41) is 11.9. The van der Waals surface area contributed by atoms with Crippen LogP contribution in [0, 0.1) is 11.7 Å². The molecule has 0 radical (unpaired) electrons. The molecular weight excluding hydrogens is 311 g/mol. The molecule has 1 heterocycles. The molecule has 6 heteroatoms. The number of hydrogen-bond acceptors (Lipinski definition) is 3. The van der Waals surface area contributed by atoms with Crippen molar-refractivity contribution in [3.63, 3.8) is 0 Å². The van der Waals surface area contributed by atoms with Crippen LogP contribution in [0.15, 0.2) is 18.2 Å². The molecule has 1 aliphatic heterocycles. The van der Waals surface area contributed by atoms with Gasteiger partial charge >= 0.3 is 0 Å². The van der Waals surface area contributed by atoms with E-state index in [1.165, 1.54) is 6.07 Å². The highest BCUT2D eigenvalue weighted by molar-refractivity contribution is 5.81. The number of halogens is 1. The number of carbonyl (C=O) groups is 2. The molecule has 2 N–H and O–H groups in total. The van der Waals surface area contributed by atoms with E-state index in [1.807, 2.05) is 6.92 Å². The van der Waals surface area contributed by atoms with Crippen molar-refractivity contribution in [3.8, 4) is 0 Å². The normalized spacial score (nSPS) is 17.6. The standard InChI is InChI=1S/C18H25FN2O3/c1-2-4-17(23)21-8-3-5-14(11-21)18(24)20-10-13-6-7-16(19)15(9-13)12-22/h6-7,9,14,22H,2-5,8,10-12H2,1H3,(H,20,24). The lowest BCUT2D eigenvalue weighted by atomic mass is 9.96. The monoisotopic (exact) mass is 336 g/mol. The van der Waals surface area contributed by atoms with Gasteiger partial charge in [-0.25, -0.2) is 4.39 Å². The van der Waals surface area contributed by atoms with Crippen molar-refractivity contribution in [1.82, 2.24) is 10.2 Å². The van der Waals surface area contributed by atoms with Crippen molar-refractivity contribution in [2.45, 2.75) is 45.8 Å². The number of likely N-dealkylation sites (tertiary alicyclic amines) is 1. The number of nitrogens with one attached hydrogen (secondary N) is 1. The van der Waals surface area contributed by atoms with Crippen molar-refractivity contribution in [2.24, 2.45) is 5.92 Å². The van der Waals surface area contributed by atoms with Gasteiger partial charge in [0.15, 0.2) is 0 Å². The van der Waals surface area contributed by atoms with E-state index >= 15 is 0 Å². The molecule has 132 valence electrons. The third-order valence-electron chi connectivity index (χ3n) is 4.36. The van der Waals surface area contributed by atoms with Crippen LogP contribution in [0.5, 0.6) is 0 Å². The number of piperidine rings is 1. The molecule has 1 unspecified atom stereocenters. The summed E-state index contributed by atoms with van der Waals surface area (Å²) in [6.45, 7) is 3.07. The van der Waals surface area contributed by atoms with E-state index in [-0.39, 0.29) is 36.4 Å². The average Bonchev–Trinajstić information content (AvgIpc) is 2.61.